The smallest absolute Gasteiger partial charge is 0.252 e. The van der Waals surface area contributed by atoms with Crippen molar-refractivity contribution in [3.63, 3.8) is 0 Å². The zero-order chi connectivity index (χ0) is 22.9. The van der Waals surface area contributed by atoms with Crippen LogP contribution in [0.4, 0.5) is 17.3 Å². The molecule has 2 N–H and O–H groups in total. The highest BCUT2D eigenvalue weighted by Gasteiger charge is 2.24. The number of nitrogens with one attached hydrogen (secondary N) is 2. The maximum Gasteiger partial charge on any atom is 0.252 e. The van der Waals surface area contributed by atoms with Gasteiger partial charge in [-0.05, 0) is 60.7 Å². The normalized spacial score (nSPS) is 18.0. The van der Waals surface area contributed by atoms with Gasteiger partial charge in [-0.3, -0.25) is 9.36 Å². The quantitative estimate of drug-likeness (QED) is 0.490. The highest BCUT2D eigenvalue weighted by Crippen LogP contribution is 2.33. The van der Waals surface area contributed by atoms with Crippen molar-refractivity contribution in [2.75, 3.05) is 36.4 Å². The summed E-state index contributed by atoms with van der Waals surface area (Å²) in [5, 5.41) is 7.58. The minimum atomic E-state index is -0.0285. The number of benzene rings is 2. The van der Waals surface area contributed by atoms with E-state index in [1.54, 1.807) is 12.3 Å². The van der Waals surface area contributed by atoms with Gasteiger partial charge in [-0.25, -0.2) is 4.98 Å². The standard InChI is InChI=1S/C27H28N6O/c34-25-13-8-20-18-29-27(30-21-9-11-22(12-10-21)32-16-14-28-15-17-32)31-26(20)33(25)24-7-3-5-19-4-1-2-6-23(19)24/h1-2,4,6,8-13,18,24,28H,3,5,7,14-17H2,(H,29,30,31). The van der Waals surface area contributed by atoms with Crippen molar-refractivity contribution in [3.05, 3.63) is 88.3 Å². The van der Waals surface area contributed by atoms with Gasteiger partial charge in [0.15, 0.2) is 0 Å². The van der Waals surface area contributed by atoms with Crippen LogP contribution in [0.1, 0.15) is 30.0 Å². The van der Waals surface area contributed by atoms with E-state index in [-0.39, 0.29) is 11.6 Å². The molecule has 7 nitrogen and oxygen atoms in total. The molecular formula is C27H28N6O. The number of hydrogen-bond donors (Lipinski definition) is 2. The number of nitrogens with zero attached hydrogens (tertiary/aromatic N) is 4. The summed E-state index contributed by atoms with van der Waals surface area (Å²) in [7, 11) is 0. The number of anilines is 3. The summed E-state index contributed by atoms with van der Waals surface area (Å²) in [4.78, 5) is 24.8. The van der Waals surface area contributed by atoms with E-state index in [0.29, 0.717) is 11.6 Å². The molecule has 34 heavy (non-hydrogen) atoms. The van der Waals surface area contributed by atoms with Gasteiger partial charge in [0.05, 0.1) is 6.04 Å². The van der Waals surface area contributed by atoms with E-state index in [1.165, 1.54) is 16.8 Å². The van der Waals surface area contributed by atoms with Gasteiger partial charge in [-0.15, -0.1) is 0 Å². The Morgan fingerprint density at radius 1 is 0.971 bits per heavy atom. The van der Waals surface area contributed by atoms with Crippen LogP contribution in [0.2, 0.25) is 0 Å². The summed E-state index contributed by atoms with van der Waals surface area (Å²) in [6, 6.07) is 20.2. The van der Waals surface area contributed by atoms with E-state index in [9.17, 15) is 4.79 Å². The summed E-state index contributed by atoms with van der Waals surface area (Å²) >= 11 is 0. The molecular weight excluding hydrogens is 424 g/mol. The van der Waals surface area contributed by atoms with Crippen LogP contribution in [0.3, 0.4) is 0 Å². The number of rotatable bonds is 4. The molecule has 3 heterocycles. The van der Waals surface area contributed by atoms with Crippen LogP contribution in [0.5, 0.6) is 0 Å². The van der Waals surface area contributed by atoms with Crippen LogP contribution in [-0.4, -0.2) is 40.7 Å². The van der Waals surface area contributed by atoms with Crippen LogP contribution < -0.4 is 21.1 Å². The molecule has 1 saturated heterocycles. The Morgan fingerprint density at radius 3 is 2.65 bits per heavy atom. The van der Waals surface area contributed by atoms with E-state index >= 15 is 0 Å². The van der Waals surface area contributed by atoms with Crippen LogP contribution in [-0.2, 0) is 6.42 Å². The molecule has 7 heteroatoms. The SMILES string of the molecule is O=c1ccc2cnc(Nc3ccc(N4CCNCC4)cc3)nc2n1C1CCCc2ccccc21. The number of aryl methyl sites for hydroxylation is 1. The lowest BCUT2D eigenvalue weighted by atomic mass is 9.87. The molecule has 0 bridgehead atoms. The first-order valence-corrected chi connectivity index (χ1v) is 12.1. The van der Waals surface area contributed by atoms with E-state index in [1.807, 2.05) is 10.6 Å². The topological polar surface area (TPSA) is 75.1 Å². The predicted molar refractivity (Wildman–Crippen MR) is 136 cm³/mol. The molecule has 4 aromatic rings. The molecule has 1 unspecified atom stereocenters. The molecule has 2 aromatic heterocycles. The first-order valence-electron chi connectivity index (χ1n) is 12.1. The van der Waals surface area contributed by atoms with Crippen molar-refractivity contribution in [2.45, 2.75) is 25.3 Å². The molecule has 2 aliphatic rings. The lowest BCUT2D eigenvalue weighted by molar-refractivity contribution is 0.488. The summed E-state index contributed by atoms with van der Waals surface area (Å²) in [6.07, 6.45) is 4.83. The Kier molecular flexibility index (Phi) is 5.47. The van der Waals surface area contributed by atoms with Gasteiger partial charge >= 0.3 is 0 Å². The highest BCUT2D eigenvalue weighted by molar-refractivity contribution is 5.76. The number of fused-ring (bicyclic) bond motifs is 2. The molecule has 6 rings (SSSR count). The summed E-state index contributed by atoms with van der Waals surface area (Å²) in [5.74, 6) is 0.492. The van der Waals surface area contributed by atoms with E-state index in [4.69, 9.17) is 4.98 Å². The van der Waals surface area contributed by atoms with Crippen molar-refractivity contribution in [2.24, 2.45) is 0 Å². The Morgan fingerprint density at radius 2 is 1.79 bits per heavy atom. The molecule has 0 amide bonds. The highest BCUT2D eigenvalue weighted by atomic mass is 16.1. The zero-order valence-electron chi connectivity index (χ0n) is 19.1. The monoisotopic (exact) mass is 452 g/mol. The first kappa shape index (κ1) is 20.9. The Bertz CT molecular complexity index is 1370. The largest absolute Gasteiger partial charge is 0.369 e. The second kappa shape index (κ2) is 8.91. The Balaban J connectivity index is 1.33. The fraction of sp³-hybridized carbons (Fsp3) is 0.296. The fourth-order valence-electron chi connectivity index (χ4n) is 5.20. The summed E-state index contributed by atoms with van der Waals surface area (Å²) in [6.45, 7) is 4.06. The van der Waals surface area contributed by atoms with Crippen LogP contribution in [0.25, 0.3) is 11.0 Å². The van der Waals surface area contributed by atoms with Gasteiger partial charge in [0.1, 0.15) is 5.65 Å². The van der Waals surface area contributed by atoms with Crippen molar-refractivity contribution in [3.8, 4) is 0 Å². The number of pyridine rings is 1. The molecule has 0 radical (unpaired) electrons. The fourth-order valence-corrected chi connectivity index (χ4v) is 5.20. The van der Waals surface area contributed by atoms with Crippen molar-refractivity contribution < 1.29 is 0 Å². The third-order valence-electron chi connectivity index (χ3n) is 6.92. The first-order chi connectivity index (χ1) is 16.8. The second-order valence-corrected chi connectivity index (χ2v) is 9.03. The van der Waals surface area contributed by atoms with Crippen LogP contribution in [0, 0.1) is 0 Å². The van der Waals surface area contributed by atoms with Gasteiger partial charge in [0.2, 0.25) is 5.95 Å². The molecule has 0 saturated carbocycles. The van der Waals surface area contributed by atoms with Gasteiger partial charge in [0, 0.05) is 55.2 Å². The Labute approximate surface area is 198 Å². The maximum absolute atomic E-state index is 13.1. The van der Waals surface area contributed by atoms with Crippen molar-refractivity contribution in [1.29, 1.82) is 0 Å². The summed E-state index contributed by atoms with van der Waals surface area (Å²) < 4.78 is 1.85. The molecule has 1 atom stereocenters. The molecule has 1 aliphatic carbocycles. The third kappa shape index (κ3) is 3.92. The third-order valence-corrected chi connectivity index (χ3v) is 6.92. The summed E-state index contributed by atoms with van der Waals surface area (Å²) in [5.41, 5.74) is 5.32. The molecule has 0 spiro atoms. The number of aromatic nitrogens is 3. The minimum Gasteiger partial charge on any atom is -0.369 e. The van der Waals surface area contributed by atoms with E-state index < -0.39 is 0 Å². The van der Waals surface area contributed by atoms with Gasteiger partial charge < -0.3 is 15.5 Å². The molecule has 1 aliphatic heterocycles. The van der Waals surface area contributed by atoms with E-state index in [2.05, 4.69) is 69.0 Å². The average molecular weight is 453 g/mol. The lowest BCUT2D eigenvalue weighted by Gasteiger charge is -2.29. The maximum atomic E-state index is 13.1. The van der Waals surface area contributed by atoms with Crippen LogP contribution in [0.15, 0.2) is 71.7 Å². The number of hydrogen-bond acceptors (Lipinski definition) is 6. The van der Waals surface area contributed by atoms with Gasteiger partial charge in [-0.2, -0.15) is 4.98 Å². The molecule has 1 fully saturated rings. The molecule has 2 aromatic carbocycles. The van der Waals surface area contributed by atoms with Gasteiger partial charge in [0.25, 0.3) is 5.56 Å². The zero-order valence-corrected chi connectivity index (χ0v) is 19.1. The second-order valence-electron chi connectivity index (χ2n) is 9.03. The van der Waals surface area contributed by atoms with E-state index in [0.717, 1.165) is 56.5 Å². The average Bonchev–Trinajstić information content (AvgIpc) is 2.89. The lowest BCUT2D eigenvalue weighted by Crippen LogP contribution is -2.43. The van der Waals surface area contributed by atoms with Crippen molar-refractivity contribution >= 4 is 28.4 Å². The number of piperazine rings is 1. The van der Waals surface area contributed by atoms with Crippen LogP contribution >= 0.6 is 0 Å². The minimum absolute atomic E-state index is 0.0118. The molecule has 172 valence electrons. The van der Waals surface area contributed by atoms with Gasteiger partial charge in [-0.1, -0.05) is 24.3 Å². The Hall–Kier alpha value is -3.71. The van der Waals surface area contributed by atoms with Crippen molar-refractivity contribution in [1.82, 2.24) is 19.9 Å². The predicted octanol–water partition coefficient (Wildman–Crippen LogP) is 3.87.